The molecule has 0 saturated carbocycles. The zero-order valence-electron chi connectivity index (χ0n) is 13.4. The first-order valence-corrected chi connectivity index (χ1v) is 8.31. The van der Waals surface area contributed by atoms with Crippen LogP contribution in [-0.2, 0) is 17.6 Å². The van der Waals surface area contributed by atoms with Crippen LogP contribution in [0.2, 0.25) is 0 Å². The highest BCUT2D eigenvalue weighted by molar-refractivity contribution is 5.96. The maximum absolute atomic E-state index is 13.1. The first-order chi connectivity index (χ1) is 11.8. The van der Waals surface area contributed by atoms with Crippen molar-refractivity contribution >= 4 is 11.6 Å². The molecule has 120 valence electrons. The summed E-state index contributed by atoms with van der Waals surface area (Å²) in [5.41, 5.74) is 3.78. The SMILES string of the molecule is N#Cc1ccc2c(c1)CCCN2C(=O)C1COc2ccccc2C1. The van der Waals surface area contributed by atoms with Gasteiger partial charge in [-0.3, -0.25) is 4.79 Å². The fourth-order valence-electron chi connectivity index (χ4n) is 3.60. The maximum atomic E-state index is 13.1. The number of nitriles is 1. The van der Waals surface area contributed by atoms with Crippen molar-refractivity contribution in [3.63, 3.8) is 0 Å². The molecule has 0 N–H and O–H groups in total. The Morgan fingerprint density at radius 2 is 2.08 bits per heavy atom. The molecule has 0 aromatic heterocycles. The van der Waals surface area contributed by atoms with Gasteiger partial charge in [-0.1, -0.05) is 18.2 Å². The minimum atomic E-state index is -0.151. The second kappa shape index (κ2) is 6.01. The van der Waals surface area contributed by atoms with E-state index in [1.54, 1.807) is 6.07 Å². The second-order valence-corrected chi connectivity index (χ2v) is 6.37. The van der Waals surface area contributed by atoms with Crippen molar-refractivity contribution in [2.75, 3.05) is 18.1 Å². The number of ether oxygens (including phenoxy) is 1. The number of hydrogen-bond donors (Lipinski definition) is 0. The minimum Gasteiger partial charge on any atom is -0.492 e. The molecule has 24 heavy (non-hydrogen) atoms. The summed E-state index contributed by atoms with van der Waals surface area (Å²) in [5.74, 6) is 0.857. The zero-order chi connectivity index (χ0) is 16.5. The summed E-state index contributed by atoms with van der Waals surface area (Å²) in [4.78, 5) is 14.9. The smallest absolute Gasteiger partial charge is 0.233 e. The third-order valence-corrected chi connectivity index (χ3v) is 4.82. The van der Waals surface area contributed by atoms with Crippen molar-refractivity contribution < 1.29 is 9.53 Å². The highest BCUT2D eigenvalue weighted by atomic mass is 16.5. The molecule has 0 radical (unpaired) electrons. The van der Waals surface area contributed by atoms with Gasteiger partial charge in [0.15, 0.2) is 0 Å². The molecule has 4 nitrogen and oxygen atoms in total. The van der Waals surface area contributed by atoms with E-state index in [0.717, 1.165) is 48.4 Å². The summed E-state index contributed by atoms with van der Waals surface area (Å²) in [7, 11) is 0. The molecule has 2 aliphatic rings. The molecular formula is C20H18N2O2. The number of benzene rings is 2. The van der Waals surface area contributed by atoms with Gasteiger partial charge in [0.25, 0.3) is 0 Å². The lowest BCUT2D eigenvalue weighted by molar-refractivity contribution is -0.123. The highest BCUT2D eigenvalue weighted by Crippen LogP contribution is 2.32. The van der Waals surface area contributed by atoms with Crippen LogP contribution >= 0.6 is 0 Å². The van der Waals surface area contributed by atoms with Crippen LogP contribution in [0.5, 0.6) is 5.75 Å². The predicted octanol–water partition coefficient (Wildman–Crippen LogP) is 3.09. The Morgan fingerprint density at radius 3 is 2.96 bits per heavy atom. The number of para-hydroxylation sites is 1. The molecule has 4 heteroatoms. The summed E-state index contributed by atoms with van der Waals surface area (Å²) in [6.07, 6.45) is 2.56. The van der Waals surface area contributed by atoms with Crippen molar-refractivity contribution in [2.45, 2.75) is 19.3 Å². The van der Waals surface area contributed by atoms with Crippen molar-refractivity contribution in [1.29, 1.82) is 5.26 Å². The molecule has 0 aliphatic carbocycles. The van der Waals surface area contributed by atoms with Gasteiger partial charge >= 0.3 is 0 Å². The third kappa shape index (κ3) is 2.52. The highest BCUT2D eigenvalue weighted by Gasteiger charge is 2.32. The van der Waals surface area contributed by atoms with Gasteiger partial charge in [-0.2, -0.15) is 5.26 Å². The van der Waals surface area contributed by atoms with E-state index in [2.05, 4.69) is 6.07 Å². The van der Waals surface area contributed by atoms with E-state index in [4.69, 9.17) is 10.00 Å². The molecule has 1 amide bonds. The molecule has 1 atom stereocenters. The Labute approximate surface area is 141 Å². The van der Waals surface area contributed by atoms with Crippen LogP contribution in [0, 0.1) is 17.2 Å². The summed E-state index contributed by atoms with van der Waals surface area (Å²) in [6.45, 7) is 1.16. The average molecular weight is 318 g/mol. The second-order valence-electron chi connectivity index (χ2n) is 6.37. The Hall–Kier alpha value is -2.80. The van der Waals surface area contributed by atoms with Crippen molar-refractivity contribution in [3.05, 3.63) is 59.2 Å². The summed E-state index contributed by atoms with van der Waals surface area (Å²) >= 11 is 0. The number of anilines is 1. The topological polar surface area (TPSA) is 53.3 Å². The Balaban J connectivity index is 1.60. The predicted molar refractivity (Wildman–Crippen MR) is 91.0 cm³/mol. The summed E-state index contributed by atoms with van der Waals surface area (Å²) < 4.78 is 5.78. The van der Waals surface area contributed by atoms with E-state index in [9.17, 15) is 4.79 Å². The Morgan fingerprint density at radius 1 is 1.21 bits per heavy atom. The molecule has 2 aliphatic heterocycles. The fourth-order valence-corrected chi connectivity index (χ4v) is 3.60. The number of rotatable bonds is 1. The Bertz CT molecular complexity index is 838. The Kier molecular flexibility index (Phi) is 3.70. The van der Waals surface area contributed by atoms with E-state index in [0.29, 0.717) is 12.2 Å². The van der Waals surface area contributed by atoms with Crippen LogP contribution in [0.1, 0.15) is 23.1 Å². The number of carbonyl (C=O) groups is 1. The van der Waals surface area contributed by atoms with E-state index < -0.39 is 0 Å². The molecule has 2 aromatic rings. The summed E-state index contributed by atoms with van der Waals surface area (Å²) in [5, 5.41) is 9.06. The van der Waals surface area contributed by atoms with Crippen LogP contribution < -0.4 is 9.64 Å². The fraction of sp³-hybridized carbons (Fsp3) is 0.300. The van der Waals surface area contributed by atoms with Gasteiger partial charge in [0.05, 0.1) is 17.6 Å². The number of hydrogen-bond acceptors (Lipinski definition) is 3. The molecule has 4 rings (SSSR count). The number of nitrogens with zero attached hydrogens (tertiary/aromatic N) is 2. The molecule has 2 heterocycles. The van der Waals surface area contributed by atoms with E-state index in [-0.39, 0.29) is 11.8 Å². The number of fused-ring (bicyclic) bond motifs is 2. The van der Waals surface area contributed by atoms with E-state index in [1.807, 2.05) is 41.3 Å². The quantitative estimate of drug-likeness (QED) is 0.812. The monoisotopic (exact) mass is 318 g/mol. The molecule has 0 saturated heterocycles. The van der Waals surface area contributed by atoms with Gasteiger partial charge in [0.2, 0.25) is 5.91 Å². The average Bonchev–Trinajstić information content (AvgIpc) is 2.66. The lowest BCUT2D eigenvalue weighted by atomic mass is 9.93. The summed E-state index contributed by atoms with van der Waals surface area (Å²) in [6, 6.07) is 15.7. The number of aryl methyl sites for hydroxylation is 1. The molecule has 1 unspecified atom stereocenters. The molecule has 0 fully saturated rings. The first-order valence-electron chi connectivity index (χ1n) is 8.31. The van der Waals surface area contributed by atoms with Gasteiger partial charge in [0.1, 0.15) is 12.4 Å². The van der Waals surface area contributed by atoms with Crippen LogP contribution in [0.4, 0.5) is 5.69 Å². The lowest BCUT2D eigenvalue weighted by Gasteiger charge is -2.34. The zero-order valence-corrected chi connectivity index (χ0v) is 13.4. The normalized spacial score (nSPS) is 18.8. The van der Waals surface area contributed by atoms with Gasteiger partial charge in [-0.25, -0.2) is 0 Å². The maximum Gasteiger partial charge on any atom is 0.233 e. The van der Waals surface area contributed by atoms with Crippen LogP contribution in [0.15, 0.2) is 42.5 Å². The molecule has 2 aromatic carbocycles. The molecule has 0 bridgehead atoms. The van der Waals surface area contributed by atoms with E-state index in [1.165, 1.54) is 0 Å². The first kappa shape index (κ1) is 14.8. The largest absolute Gasteiger partial charge is 0.492 e. The number of carbonyl (C=O) groups excluding carboxylic acids is 1. The van der Waals surface area contributed by atoms with E-state index >= 15 is 0 Å². The van der Waals surface area contributed by atoms with Crippen LogP contribution in [0.25, 0.3) is 0 Å². The van der Waals surface area contributed by atoms with Gasteiger partial charge < -0.3 is 9.64 Å². The lowest BCUT2D eigenvalue weighted by Crippen LogP contribution is -2.43. The standard InChI is InChI=1S/C20H18N2O2/c21-12-14-7-8-18-15(10-14)5-3-9-22(18)20(23)17-11-16-4-1-2-6-19(16)24-13-17/h1-2,4,6-8,10,17H,3,5,9,11,13H2. The van der Waals surface area contributed by atoms with Crippen molar-refractivity contribution in [2.24, 2.45) is 5.92 Å². The van der Waals surface area contributed by atoms with Crippen LogP contribution in [0.3, 0.4) is 0 Å². The van der Waals surface area contributed by atoms with Crippen LogP contribution in [-0.4, -0.2) is 19.1 Å². The van der Waals surface area contributed by atoms with Gasteiger partial charge in [0, 0.05) is 12.2 Å². The van der Waals surface area contributed by atoms with Crippen molar-refractivity contribution in [3.8, 4) is 11.8 Å². The molecular weight excluding hydrogens is 300 g/mol. The van der Waals surface area contributed by atoms with Gasteiger partial charge in [-0.15, -0.1) is 0 Å². The number of amides is 1. The van der Waals surface area contributed by atoms with Crippen molar-refractivity contribution in [1.82, 2.24) is 0 Å². The minimum absolute atomic E-state index is 0.121. The molecule has 0 spiro atoms. The van der Waals surface area contributed by atoms with Gasteiger partial charge in [-0.05, 0) is 54.7 Å². The third-order valence-electron chi connectivity index (χ3n) is 4.82.